The maximum atomic E-state index is 13.5. The number of hydrogen-bond donors (Lipinski definition) is 1. The number of nitrogens with one attached hydrogen (secondary N) is 1. The van der Waals surface area contributed by atoms with Crippen molar-refractivity contribution >= 4 is 28.8 Å². The van der Waals surface area contributed by atoms with Crippen LogP contribution in [0.3, 0.4) is 0 Å². The van der Waals surface area contributed by atoms with E-state index in [0.717, 1.165) is 32.3 Å². The average molecular weight is 580 g/mol. The van der Waals surface area contributed by atoms with E-state index in [0.29, 0.717) is 37.7 Å². The van der Waals surface area contributed by atoms with Crippen LogP contribution in [0.15, 0.2) is 79.1 Å². The molecule has 1 atom stereocenters. The Morgan fingerprint density at radius 3 is 2.48 bits per heavy atom. The minimum atomic E-state index is -0.142. The second kappa shape index (κ2) is 12.0. The van der Waals surface area contributed by atoms with E-state index < -0.39 is 0 Å². The lowest BCUT2D eigenvalue weighted by Crippen LogP contribution is -2.50. The molecular formula is C30H29N9O2S. The number of carbonyl (C=O) groups is 2. The quantitative estimate of drug-likeness (QED) is 0.308. The van der Waals surface area contributed by atoms with Crippen molar-refractivity contribution in [3.63, 3.8) is 0 Å². The summed E-state index contributed by atoms with van der Waals surface area (Å²) in [5, 5.41) is 16.4. The van der Waals surface area contributed by atoms with Crippen LogP contribution in [0.25, 0.3) is 21.0 Å². The SMILES string of the molecule is CC(=O)Nc1cccc(-c2cnc(-c3ccnc(C(=O)N4CCN(C(c5ccccc5)c5nnn(C)n5)CC4)c3)s2)c1. The van der Waals surface area contributed by atoms with Gasteiger partial charge in [-0.15, -0.1) is 21.5 Å². The van der Waals surface area contributed by atoms with Gasteiger partial charge in [-0.1, -0.05) is 42.5 Å². The summed E-state index contributed by atoms with van der Waals surface area (Å²) in [7, 11) is 1.76. The van der Waals surface area contributed by atoms with Gasteiger partial charge in [0.15, 0.2) is 5.82 Å². The summed E-state index contributed by atoms with van der Waals surface area (Å²) < 4.78 is 0. The maximum Gasteiger partial charge on any atom is 0.272 e. The van der Waals surface area contributed by atoms with Crippen LogP contribution in [0.1, 0.15) is 34.8 Å². The number of pyridine rings is 1. The summed E-state index contributed by atoms with van der Waals surface area (Å²) in [5.41, 5.74) is 4.00. The van der Waals surface area contributed by atoms with Crippen molar-refractivity contribution < 1.29 is 9.59 Å². The first-order valence-corrected chi connectivity index (χ1v) is 14.4. The summed E-state index contributed by atoms with van der Waals surface area (Å²) >= 11 is 1.52. The highest BCUT2D eigenvalue weighted by Gasteiger charge is 2.31. The second-order valence-electron chi connectivity index (χ2n) is 10.00. The van der Waals surface area contributed by atoms with E-state index in [1.807, 2.05) is 59.6 Å². The molecule has 1 fully saturated rings. The van der Waals surface area contributed by atoms with Crippen molar-refractivity contribution in [2.45, 2.75) is 13.0 Å². The summed E-state index contributed by atoms with van der Waals surface area (Å²) in [4.78, 5) is 40.5. The minimum Gasteiger partial charge on any atom is -0.335 e. The third-order valence-corrected chi connectivity index (χ3v) is 8.14. The highest BCUT2D eigenvalue weighted by Crippen LogP contribution is 2.33. The standard InChI is InChI=1S/C30H29N9O2S/c1-20(40)33-24-10-6-9-22(17-24)26-19-32-29(42-26)23-11-12-31-25(18-23)30(41)39-15-13-38(14-16-39)27(21-7-4-3-5-8-21)28-34-36-37(2)35-28/h3-12,17-19,27H,13-16H2,1-2H3,(H,33,40). The zero-order valence-electron chi connectivity index (χ0n) is 23.2. The molecule has 12 heteroatoms. The average Bonchev–Trinajstić information content (AvgIpc) is 3.68. The topological polar surface area (TPSA) is 122 Å². The Kier molecular flexibility index (Phi) is 7.80. The lowest BCUT2D eigenvalue weighted by Gasteiger charge is -2.38. The third kappa shape index (κ3) is 5.94. The fourth-order valence-corrected chi connectivity index (χ4v) is 6.00. The number of hydrogen-bond acceptors (Lipinski definition) is 9. The Morgan fingerprint density at radius 1 is 0.929 bits per heavy atom. The van der Waals surface area contributed by atoms with Gasteiger partial charge in [-0.3, -0.25) is 19.5 Å². The van der Waals surface area contributed by atoms with Gasteiger partial charge >= 0.3 is 0 Å². The van der Waals surface area contributed by atoms with E-state index in [1.54, 1.807) is 19.3 Å². The molecule has 0 aliphatic carbocycles. The molecule has 0 spiro atoms. The monoisotopic (exact) mass is 579 g/mol. The van der Waals surface area contributed by atoms with Crippen molar-refractivity contribution in [2.24, 2.45) is 7.05 Å². The van der Waals surface area contributed by atoms with Gasteiger partial charge in [-0.25, -0.2) is 4.98 Å². The molecule has 11 nitrogen and oxygen atoms in total. The molecule has 0 saturated carbocycles. The third-order valence-electron chi connectivity index (χ3n) is 7.05. The highest BCUT2D eigenvalue weighted by atomic mass is 32.1. The summed E-state index contributed by atoms with van der Waals surface area (Å²) in [5.74, 6) is 0.416. The van der Waals surface area contributed by atoms with Gasteiger partial charge in [0, 0.05) is 56.7 Å². The molecule has 1 saturated heterocycles. The van der Waals surface area contributed by atoms with Crippen molar-refractivity contribution in [2.75, 3.05) is 31.5 Å². The van der Waals surface area contributed by atoms with Crippen LogP contribution in [-0.2, 0) is 11.8 Å². The van der Waals surface area contributed by atoms with E-state index >= 15 is 0 Å². The number of aryl methyl sites for hydroxylation is 1. The van der Waals surface area contributed by atoms with Crippen LogP contribution in [0.4, 0.5) is 5.69 Å². The molecule has 0 radical (unpaired) electrons. The Balaban J connectivity index is 1.15. The van der Waals surface area contributed by atoms with E-state index in [9.17, 15) is 9.59 Å². The van der Waals surface area contributed by atoms with Crippen LogP contribution in [0.2, 0.25) is 0 Å². The maximum absolute atomic E-state index is 13.5. The fourth-order valence-electron chi connectivity index (χ4n) is 5.09. The van der Waals surface area contributed by atoms with Crippen molar-refractivity contribution in [1.82, 2.24) is 40.0 Å². The molecule has 4 heterocycles. The number of piperazine rings is 1. The molecule has 2 aromatic carbocycles. The molecule has 1 aliphatic heterocycles. The van der Waals surface area contributed by atoms with Crippen LogP contribution < -0.4 is 5.32 Å². The predicted molar refractivity (Wildman–Crippen MR) is 160 cm³/mol. The van der Waals surface area contributed by atoms with E-state index in [2.05, 4.69) is 47.7 Å². The lowest BCUT2D eigenvalue weighted by atomic mass is 10.0. The van der Waals surface area contributed by atoms with Gasteiger partial charge in [0.1, 0.15) is 10.7 Å². The number of nitrogens with zero attached hydrogens (tertiary/aromatic N) is 8. The van der Waals surface area contributed by atoms with E-state index in [4.69, 9.17) is 0 Å². The molecular weight excluding hydrogens is 550 g/mol. The van der Waals surface area contributed by atoms with Gasteiger partial charge < -0.3 is 10.2 Å². The Labute approximate surface area is 246 Å². The van der Waals surface area contributed by atoms with E-state index in [-0.39, 0.29) is 17.9 Å². The van der Waals surface area contributed by atoms with Gasteiger partial charge in [0.25, 0.3) is 5.91 Å². The number of anilines is 1. The number of tetrazole rings is 1. The second-order valence-corrected chi connectivity index (χ2v) is 11.0. The molecule has 1 N–H and O–H groups in total. The Morgan fingerprint density at radius 2 is 1.74 bits per heavy atom. The zero-order chi connectivity index (χ0) is 29.1. The van der Waals surface area contributed by atoms with Crippen LogP contribution in [0, 0.1) is 0 Å². The molecule has 5 aromatic rings. The van der Waals surface area contributed by atoms with Crippen LogP contribution >= 0.6 is 11.3 Å². The van der Waals surface area contributed by atoms with Crippen molar-refractivity contribution in [3.05, 3.63) is 96.2 Å². The molecule has 6 rings (SSSR count). The number of thiazole rings is 1. The summed E-state index contributed by atoms with van der Waals surface area (Å²) in [6.07, 6.45) is 3.46. The lowest BCUT2D eigenvalue weighted by molar-refractivity contribution is -0.114. The molecule has 3 aromatic heterocycles. The van der Waals surface area contributed by atoms with Gasteiger partial charge in [0.05, 0.1) is 18.0 Å². The first kappa shape index (κ1) is 27.4. The van der Waals surface area contributed by atoms with Gasteiger partial charge in [-0.2, -0.15) is 4.80 Å². The molecule has 212 valence electrons. The van der Waals surface area contributed by atoms with Crippen molar-refractivity contribution in [3.8, 4) is 21.0 Å². The Bertz CT molecular complexity index is 1710. The van der Waals surface area contributed by atoms with Crippen molar-refractivity contribution in [1.29, 1.82) is 0 Å². The van der Waals surface area contributed by atoms with Gasteiger partial charge in [-0.05, 0) is 40.6 Å². The number of carbonyl (C=O) groups excluding carboxylic acids is 2. The zero-order valence-corrected chi connectivity index (χ0v) is 24.0. The number of amides is 2. The fraction of sp³-hybridized carbons (Fsp3) is 0.233. The highest BCUT2D eigenvalue weighted by molar-refractivity contribution is 7.18. The van der Waals surface area contributed by atoms with Gasteiger partial charge in [0.2, 0.25) is 5.91 Å². The molecule has 2 amide bonds. The smallest absolute Gasteiger partial charge is 0.272 e. The van der Waals surface area contributed by atoms with E-state index in [1.165, 1.54) is 23.1 Å². The summed E-state index contributed by atoms with van der Waals surface area (Å²) in [6.45, 7) is 3.92. The van der Waals surface area contributed by atoms with Crippen LogP contribution in [-0.4, -0.2) is 78.0 Å². The molecule has 1 aliphatic rings. The molecule has 1 unspecified atom stereocenters. The largest absolute Gasteiger partial charge is 0.335 e. The number of benzene rings is 2. The summed E-state index contributed by atoms with van der Waals surface area (Å²) in [6, 6.07) is 21.3. The number of aromatic nitrogens is 6. The predicted octanol–water partition coefficient (Wildman–Crippen LogP) is 3.90. The first-order chi connectivity index (χ1) is 20.4. The number of rotatable bonds is 7. The molecule has 0 bridgehead atoms. The first-order valence-electron chi connectivity index (χ1n) is 13.6. The minimum absolute atomic E-state index is 0.106. The van der Waals surface area contributed by atoms with Crippen LogP contribution in [0.5, 0.6) is 0 Å². The normalized spacial score (nSPS) is 14.5. The Hall–Kier alpha value is -4.81. The molecule has 42 heavy (non-hydrogen) atoms.